The van der Waals surface area contributed by atoms with E-state index in [9.17, 15) is 9.59 Å². The number of benzene rings is 1. The van der Waals surface area contributed by atoms with Crippen LogP contribution >= 0.6 is 0 Å². The van der Waals surface area contributed by atoms with E-state index in [1.54, 1.807) is 36.3 Å². The molecular weight excluding hydrogens is 418 g/mol. The van der Waals surface area contributed by atoms with E-state index in [2.05, 4.69) is 45.9 Å². The smallest absolute Gasteiger partial charge is 0.307 e. The predicted octanol–water partition coefficient (Wildman–Crippen LogP) is 5.66. The summed E-state index contributed by atoms with van der Waals surface area (Å²) in [4.78, 5) is 26.6. The van der Waals surface area contributed by atoms with Gasteiger partial charge in [-0.15, -0.1) is 0 Å². The van der Waals surface area contributed by atoms with E-state index < -0.39 is 0 Å². The maximum atomic E-state index is 13.2. The normalized spacial score (nSPS) is 11.4. The zero-order chi connectivity index (χ0) is 24.0. The minimum atomic E-state index is -0.343. The second-order valence-electron chi connectivity index (χ2n) is 9.20. The van der Waals surface area contributed by atoms with Crippen LogP contribution in [-0.2, 0) is 27.9 Å². The summed E-state index contributed by atoms with van der Waals surface area (Å²) in [5.74, 6) is 0.959. The molecule has 0 aliphatic rings. The molecule has 0 bridgehead atoms. The lowest BCUT2D eigenvalue weighted by molar-refractivity contribution is -0.143. The lowest BCUT2D eigenvalue weighted by atomic mass is 9.85. The van der Waals surface area contributed by atoms with Crippen molar-refractivity contribution in [1.82, 2.24) is 4.90 Å². The van der Waals surface area contributed by atoms with Crippen LogP contribution in [0.4, 0.5) is 0 Å². The average molecular weight is 452 g/mol. The Morgan fingerprint density at radius 1 is 1.06 bits per heavy atom. The first-order valence-electron chi connectivity index (χ1n) is 11.3. The van der Waals surface area contributed by atoms with Crippen molar-refractivity contribution in [2.45, 2.75) is 59.4 Å². The number of nitrogens with zero attached hydrogens (tertiary/aromatic N) is 1. The molecule has 0 saturated heterocycles. The van der Waals surface area contributed by atoms with Crippen molar-refractivity contribution in [3.63, 3.8) is 0 Å². The molecule has 0 aliphatic carbocycles. The van der Waals surface area contributed by atoms with E-state index in [0.29, 0.717) is 18.8 Å². The number of furan rings is 2. The molecule has 0 radical (unpaired) electrons. The van der Waals surface area contributed by atoms with Gasteiger partial charge in [0.15, 0.2) is 5.76 Å². The molecule has 6 heteroatoms. The van der Waals surface area contributed by atoms with Crippen molar-refractivity contribution < 1.29 is 23.2 Å². The van der Waals surface area contributed by atoms with Crippen LogP contribution in [0.5, 0.6) is 0 Å². The number of carbonyl (C=O) groups is 2. The van der Waals surface area contributed by atoms with Gasteiger partial charge in [0.25, 0.3) is 5.91 Å². The quantitative estimate of drug-likeness (QED) is 0.392. The fourth-order valence-corrected chi connectivity index (χ4v) is 3.56. The highest BCUT2D eigenvalue weighted by Gasteiger charge is 2.22. The van der Waals surface area contributed by atoms with Gasteiger partial charge in [-0.2, -0.15) is 0 Å². The Morgan fingerprint density at radius 2 is 1.85 bits per heavy atom. The molecule has 3 rings (SSSR count). The van der Waals surface area contributed by atoms with Crippen molar-refractivity contribution in [2.24, 2.45) is 0 Å². The zero-order valence-corrected chi connectivity index (χ0v) is 20.1. The van der Waals surface area contributed by atoms with Crippen molar-refractivity contribution in [2.75, 3.05) is 13.2 Å². The number of amides is 1. The van der Waals surface area contributed by atoms with Crippen molar-refractivity contribution >= 4 is 11.9 Å². The Bertz CT molecular complexity index is 1070. The minimum absolute atomic E-state index is 0.0536. The van der Waals surface area contributed by atoms with Crippen LogP contribution in [0.15, 0.2) is 57.6 Å². The summed E-state index contributed by atoms with van der Waals surface area (Å²) >= 11 is 0. The molecule has 0 atom stereocenters. The summed E-state index contributed by atoms with van der Waals surface area (Å²) in [5.41, 5.74) is 3.67. The Labute approximate surface area is 195 Å². The van der Waals surface area contributed by atoms with E-state index in [1.807, 2.05) is 6.07 Å². The molecule has 0 unspecified atom stereocenters. The molecule has 3 aromatic rings. The maximum absolute atomic E-state index is 13.2. The van der Waals surface area contributed by atoms with Gasteiger partial charge in [-0.05, 0) is 60.2 Å². The van der Waals surface area contributed by atoms with Crippen LogP contribution in [-0.4, -0.2) is 29.9 Å². The van der Waals surface area contributed by atoms with Crippen LogP contribution in [0.3, 0.4) is 0 Å². The van der Waals surface area contributed by atoms with Gasteiger partial charge < -0.3 is 18.5 Å². The number of aryl methyl sites for hydroxylation is 1. The number of hydrogen-bond donors (Lipinski definition) is 0. The molecular formula is C27H33NO5. The van der Waals surface area contributed by atoms with Crippen molar-refractivity contribution in [3.05, 3.63) is 82.7 Å². The largest absolute Gasteiger partial charge is 0.467 e. The van der Waals surface area contributed by atoms with E-state index in [-0.39, 0.29) is 42.6 Å². The summed E-state index contributed by atoms with van der Waals surface area (Å²) < 4.78 is 16.4. The van der Waals surface area contributed by atoms with Gasteiger partial charge in [0.05, 0.1) is 25.8 Å². The number of esters is 1. The average Bonchev–Trinajstić information content (AvgIpc) is 3.44. The van der Waals surface area contributed by atoms with Crippen LogP contribution in [0.2, 0.25) is 0 Å². The van der Waals surface area contributed by atoms with Gasteiger partial charge >= 0.3 is 5.97 Å². The molecule has 1 amide bonds. The molecule has 0 N–H and O–H groups in total. The topological polar surface area (TPSA) is 72.9 Å². The second kappa shape index (κ2) is 10.6. The Morgan fingerprint density at radius 3 is 2.52 bits per heavy atom. The number of hydrogen-bond acceptors (Lipinski definition) is 5. The zero-order valence-electron chi connectivity index (χ0n) is 20.1. The molecule has 0 saturated carbocycles. The third-order valence-corrected chi connectivity index (χ3v) is 5.56. The van der Waals surface area contributed by atoms with Gasteiger partial charge in [0.2, 0.25) is 0 Å². The molecule has 0 aliphatic heterocycles. The molecule has 6 nitrogen and oxygen atoms in total. The summed E-state index contributed by atoms with van der Waals surface area (Å²) in [5, 5.41) is 0. The SMILES string of the molecule is CCOC(=O)CCN(Cc1ccco1)C(=O)c1ccc(Cc2cc(C(C)(C)C)ccc2C)o1. The van der Waals surface area contributed by atoms with Gasteiger partial charge in [-0.1, -0.05) is 39.0 Å². The maximum Gasteiger partial charge on any atom is 0.307 e. The third-order valence-electron chi connectivity index (χ3n) is 5.56. The van der Waals surface area contributed by atoms with Gasteiger partial charge in [0.1, 0.15) is 11.5 Å². The molecule has 2 heterocycles. The van der Waals surface area contributed by atoms with Crippen LogP contribution in [0, 0.1) is 6.92 Å². The highest BCUT2D eigenvalue weighted by Crippen LogP contribution is 2.26. The predicted molar refractivity (Wildman–Crippen MR) is 126 cm³/mol. The second-order valence-corrected chi connectivity index (χ2v) is 9.20. The first-order valence-corrected chi connectivity index (χ1v) is 11.3. The summed E-state index contributed by atoms with van der Waals surface area (Å²) in [6, 6.07) is 13.6. The molecule has 2 aromatic heterocycles. The summed E-state index contributed by atoms with van der Waals surface area (Å²) in [7, 11) is 0. The standard InChI is InChI=1S/C27H33NO5/c1-6-31-25(29)13-14-28(18-23-8-7-15-32-23)26(30)24-12-11-22(33-24)17-20-16-21(27(3,4)5)10-9-19(20)2/h7-12,15-16H,6,13-14,17-18H2,1-5H3. The molecule has 33 heavy (non-hydrogen) atoms. The third kappa shape index (κ3) is 6.60. The lowest BCUT2D eigenvalue weighted by Crippen LogP contribution is -2.32. The van der Waals surface area contributed by atoms with Crippen LogP contribution in [0.25, 0.3) is 0 Å². The first kappa shape index (κ1) is 24.4. The van der Waals surface area contributed by atoms with Crippen LogP contribution in [0.1, 0.15) is 72.9 Å². The Balaban J connectivity index is 1.76. The molecule has 1 aromatic carbocycles. The number of ether oxygens (including phenoxy) is 1. The first-order chi connectivity index (χ1) is 15.7. The number of rotatable bonds is 9. The Kier molecular flexibility index (Phi) is 7.79. The van der Waals surface area contributed by atoms with Crippen molar-refractivity contribution in [3.8, 4) is 0 Å². The van der Waals surface area contributed by atoms with E-state index in [1.165, 1.54) is 16.7 Å². The van der Waals surface area contributed by atoms with Crippen LogP contribution < -0.4 is 0 Å². The number of carbonyl (C=O) groups excluding carboxylic acids is 2. The van der Waals surface area contributed by atoms with Gasteiger partial charge in [-0.3, -0.25) is 9.59 Å². The lowest BCUT2D eigenvalue weighted by Gasteiger charge is -2.21. The summed E-state index contributed by atoms with van der Waals surface area (Å²) in [6.07, 6.45) is 2.26. The highest BCUT2D eigenvalue weighted by molar-refractivity contribution is 5.91. The van der Waals surface area contributed by atoms with Gasteiger partial charge in [-0.25, -0.2) is 0 Å². The minimum Gasteiger partial charge on any atom is -0.467 e. The van der Waals surface area contributed by atoms with Crippen molar-refractivity contribution in [1.29, 1.82) is 0 Å². The van der Waals surface area contributed by atoms with E-state index >= 15 is 0 Å². The monoisotopic (exact) mass is 451 g/mol. The molecule has 0 fully saturated rings. The molecule has 0 spiro atoms. The fraction of sp³-hybridized carbons (Fsp3) is 0.407. The fourth-order valence-electron chi connectivity index (χ4n) is 3.56. The summed E-state index contributed by atoms with van der Waals surface area (Å²) in [6.45, 7) is 11.2. The molecule has 176 valence electrons. The Hall–Kier alpha value is -3.28. The van der Waals surface area contributed by atoms with E-state index in [0.717, 1.165) is 5.76 Å². The van der Waals surface area contributed by atoms with E-state index in [4.69, 9.17) is 13.6 Å². The highest BCUT2D eigenvalue weighted by atomic mass is 16.5. The van der Waals surface area contributed by atoms with Gasteiger partial charge in [0, 0.05) is 13.0 Å².